The van der Waals surface area contributed by atoms with E-state index < -0.39 is 30.0 Å². The van der Waals surface area contributed by atoms with Gasteiger partial charge in [0.05, 0.1) is 6.20 Å². The van der Waals surface area contributed by atoms with Crippen LogP contribution in [0, 0.1) is 5.82 Å². The zero-order valence-electron chi connectivity index (χ0n) is 14.9. The number of fused-ring (bicyclic) bond motifs is 1. The molecule has 0 aliphatic heterocycles. The lowest BCUT2D eigenvalue weighted by atomic mass is 10.0. The topological polar surface area (TPSA) is 95.6 Å². The fraction of sp³-hybridized carbons (Fsp3) is 0.294. The minimum atomic E-state index is -4.55. The maximum atomic E-state index is 14.2. The molecule has 3 rings (SSSR count). The Morgan fingerprint density at radius 2 is 2.00 bits per heavy atom. The third kappa shape index (κ3) is 4.18. The lowest BCUT2D eigenvalue weighted by Crippen LogP contribution is -2.50. The predicted octanol–water partition coefficient (Wildman–Crippen LogP) is 3.03. The molecule has 0 saturated carbocycles. The number of aromatic nitrogens is 4. The first kappa shape index (κ1) is 19.5. The van der Waals surface area contributed by atoms with Gasteiger partial charge in [-0.15, -0.1) is 0 Å². The molecule has 0 spiro atoms. The fourth-order valence-electron chi connectivity index (χ4n) is 2.48. The molecule has 1 amide bonds. The Morgan fingerprint density at radius 1 is 1.25 bits per heavy atom. The van der Waals surface area contributed by atoms with E-state index in [0.29, 0.717) is 16.6 Å². The molecule has 148 valence electrons. The van der Waals surface area contributed by atoms with Crippen molar-refractivity contribution in [1.29, 1.82) is 0 Å². The van der Waals surface area contributed by atoms with Crippen LogP contribution in [-0.4, -0.2) is 44.1 Å². The summed E-state index contributed by atoms with van der Waals surface area (Å²) < 4.78 is 51.1. The maximum Gasteiger partial charge on any atom is 0.405 e. The molecule has 3 N–H and O–H groups in total. The predicted molar refractivity (Wildman–Crippen MR) is 93.8 cm³/mol. The number of halogens is 4. The van der Waals surface area contributed by atoms with E-state index in [4.69, 9.17) is 0 Å². The first-order valence-electron chi connectivity index (χ1n) is 8.15. The van der Waals surface area contributed by atoms with Gasteiger partial charge >= 0.3 is 6.18 Å². The van der Waals surface area contributed by atoms with Crippen LogP contribution in [0.2, 0.25) is 0 Å². The van der Waals surface area contributed by atoms with Crippen LogP contribution in [-0.2, 0) is 4.79 Å². The monoisotopic (exact) mass is 396 g/mol. The van der Waals surface area contributed by atoms with Crippen LogP contribution in [0.4, 0.5) is 23.4 Å². The van der Waals surface area contributed by atoms with Crippen LogP contribution in [0.3, 0.4) is 0 Å². The number of carbonyl (C=O) groups is 1. The number of nitrogens with zero attached hydrogens (tertiary/aromatic N) is 3. The van der Waals surface area contributed by atoms with Gasteiger partial charge < -0.3 is 15.6 Å². The Bertz CT molecular complexity index is 1010. The molecule has 0 aliphatic carbocycles. The van der Waals surface area contributed by atoms with Gasteiger partial charge in [-0.25, -0.2) is 19.3 Å². The van der Waals surface area contributed by atoms with Crippen LogP contribution in [0.25, 0.3) is 22.4 Å². The Balaban J connectivity index is 1.86. The largest absolute Gasteiger partial charge is 0.405 e. The summed E-state index contributed by atoms with van der Waals surface area (Å²) in [4.78, 5) is 27.2. The summed E-state index contributed by atoms with van der Waals surface area (Å²) in [6.07, 6.45) is -0.426. The zero-order valence-corrected chi connectivity index (χ0v) is 14.9. The highest BCUT2D eigenvalue weighted by Crippen LogP contribution is 2.27. The number of H-pyrrole nitrogens is 1. The van der Waals surface area contributed by atoms with Gasteiger partial charge in [0.2, 0.25) is 5.91 Å². The van der Waals surface area contributed by atoms with Gasteiger partial charge in [-0.2, -0.15) is 13.2 Å². The first-order valence-corrected chi connectivity index (χ1v) is 8.15. The minimum Gasteiger partial charge on any atom is -0.354 e. The number of carbonyl (C=O) groups excluding carboxylic acids is 1. The van der Waals surface area contributed by atoms with Gasteiger partial charge in [0.1, 0.15) is 17.7 Å². The number of rotatable bonds is 5. The molecule has 0 aliphatic rings. The van der Waals surface area contributed by atoms with Gasteiger partial charge in [-0.1, -0.05) is 0 Å². The number of aromatic amines is 1. The molecule has 0 atom stereocenters. The Labute approximate surface area is 156 Å². The third-order valence-corrected chi connectivity index (χ3v) is 3.88. The quantitative estimate of drug-likeness (QED) is 0.576. The molecule has 3 aromatic rings. The number of hydrogen-bond donors (Lipinski definition) is 3. The van der Waals surface area contributed by atoms with E-state index >= 15 is 0 Å². The smallest absolute Gasteiger partial charge is 0.354 e. The summed E-state index contributed by atoms with van der Waals surface area (Å²) in [5, 5.41) is 5.02. The van der Waals surface area contributed by atoms with Crippen molar-refractivity contribution in [3.05, 3.63) is 36.5 Å². The van der Waals surface area contributed by atoms with E-state index in [1.807, 2.05) is 0 Å². The molecule has 3 heterocycles. The molecule has 7 nitrogen and oxygen atoms in total. The number of nitrogens with one attached hydrogen (secondary N) is 3. The molecular formula is C17H16F4N6O. The van der Waals surface area contributed by atoms with Gasteiger partial charge in [0, 0.05) is 23.3 Å². The highest BCUT2D eigenvalue weighted by molar-refractivity contribution is 5.92. The van der Waals surface area contributed by atoms with E-state index in [1.54, 1.807) is 29.8 Å². The summed E-state index contributed by atoms with van der Waals surface area (Å²) in [5.74, 6) is -1.95. The summed E-state index contributed by atoms with van der Waals surface area (Å²) in [6, 6.07) is 3.50. The molecule has 11 heteroatoms. The summed E-state index contributed by atoms with van der Waals surface area (Å²) in [5.41, 5.74) is -0.406. The van der Waals surface area contributed by atoms with Gasteiger partial charge in [-0.05, 0) is 26.0 Å². The first-order chi connectivity index (χ1) is 13.1. The Kier molecular flexibility index (Phi) is 4.92. The van der Waals surface area contributed by atoms with Crippen molar-refractivity contribution in [3.63, 3.8) is 0 Å². The van der Waals surface area contributed by atoms with Crippen LogP contribution in [0.1, 0.15) is 13.8 Å². The van der Waals surface area contributed by atoms with Gasteiger partial charge in [0.25, 0.3) is 0 Å². The van der Waals surface area contributed by atoms with E-state index in [-0.39, 0.29) is 11.6 Å². The summed E-state index contributed by atoms with van der Waals surface area (Å²) in [7, 11) is 0. The summed E-state index contributed by atoms with van der Waals surface area (Å²) in [6.45, 7) is 1.14. The molecule has 0 fully saturated rings. The van der Waals surface area contributed by atoms with Gasteiger partial charge in [0.15, 0.2) is 17.5 Å². The van der Waals surface area contributed by atoms with E-state index in [9.17, 15) is 22.4 Å². The normalized spacial score (nSPS) is 12.2. The second kappa shape index (κ2) is 7.06. The highest BCUT2D eigenvalue weighted by atomic mass is 19.4. The number of anilines is 1. The summed E-state index contributed by atoms with van der Waals surface area (Å²) >= 11 is 0. The molecule has 0 bridgehead atoms. The molecular weight excluding hydrogens is 380 g/mol. The van der Waals surface area contributed by atoms with Crippen LogP contribution < -0.4 is 10.6 Å². The maximum absolute atomic E-state index is 14.2. The third-order valence-electron chi connectivity index (χ3n) is 3.88. The molecule has 3 aromatic heterocycles. The second-order valence-corrected chi connectivity index (χ2v) is 6.54. The second-order valence-electron chi connectivity index (χ2n) is 6.54. The van der Waals surface area contributed by atoms with E-state index in [0.717, 1.165) is 6.20 Å². The van der Waals surface area contributed by atoms with Gasteiger partial charge in [-0.3, -0.25) is 4.79 Å². The Hall–Kier alpha value is -3.24. The number of alkyl halides is 3. The molecule has 28 heavy (non-hydrogen) atoms. The highest BCUT2D eigenvalue weighted by Gasteiger charge is 2.34. The minimum absolute atomic E-state index is 0.162. The van der Waals surface area contributed by atoms with E-state index in [1.165, 1.54) is 13.8 Å². The molecule has 0 saturated heterocycles. The number of hydrogen-bond acceptors (Lipinski definition) is 5. The number of amides is 1. The van der Waals surface area contributed by atoms with Crippen molar-refractivity contribution in [2.24, 2.45) is 0 Å². The Morgan fingerprint density at radius 3 is 2.71 bits per heavy atom. The average Bonchev–Trinajstić information content (AvgIpc) is 3.05. The lowest BCUT2D eigenvalue weighted by Gasteiger charge is -2.26. The van der Waals surface area contributed by atoms with Crippen molar-refractivity contribution in [1.82, 2.24) is 25.3 Å². The van der Waals surface area contributed by atoms with Crippen molar-refractivity contribution in [3.8, 4) is 11.4 Å². The lowest BCUT2D eigenvalue weighted by molar-refractivity contribution is -0.140. The van der Waals surface area contributed by atoms with Crippen molar-refractivity contribution < 1.29 is 22.4 Å². The molecule has 0 radical (unpaired) electrons. The van der Waals surface area contributed by atoms with Crippen LogP contribution >= 0.6 is 0 Å². The molecule has 0 aromatic carbocycles. The van der Waals surface area contributed by atoms with E-state index in [2.05, 4.69) is 25.3 Å². The van der Waals surface area contributed by atoms with Crippen molar-refractivity contribution >= 4 is 22.8 Å². The zero-order chi connectivity index (χ0) is 20.5. The molecule has 0 unspecified atom stereocenters. The number of pyridine rings is 1. The average molecular weight is 396 g/mol. The standard InChI is InChI=1S/C17H16F4N6O/c1-16(2,15(28)25-8-17(19,20)21)27-14-11(18)7-24-13(26-14)10-6-23-12-9(10)4-3-5-22-12/h3-7H,8H2,1-2H3,(H,22,23)(H,25,28)(H,24,26,27). The SMILES string of the molecule is CC(C)(Nc1nc(-c2c[nH]c3ncccc23)ncc1F)C(=O)NCC(F)(F)F. The van der Waals surface area contributed by atoms with Crippen molar-refractivity contribution in [2.45, 2.75) is 25.6 Å². The fourth-order valence-corrected chi connectivity index (χ4v) is 2.48. The van der Waals surface area contributed by atoms with Crippen LogP contribution in [0.5, 0.6) is 0 Å². The van der Waals surface area contributed by atoms with Crippen molar-refractivity contribution in [2.75, 3.05) is 11.9 Å². The van der Waals surface area contributed by atoms with Crippen LogP contribution in [0.15, 0.2) is 30.7 Å².